The summed E-state index contributed by atoms with van der Waals surface area (Å²) in [5.41, 5.74) is 3.48. The Balaban J connectivity index is 1.83. The number of fused-ring (bicyclic) bond motifs is 2. The minimum absolute atomic E-state index is 0.165. The fraction of sp³-hybridized carbons (Fsp3) is 0.0769. The van der Waals surface area contributed by atoms with E-state index in [1.54, 1.807) is 35.8 Å². The van der Waals surface area contributed by atoms with Gasteiger partial charge in [0, 0.05) is 11.3 Å². The van der Waals surface area contributed by atoms with Crippen LogP contribution in [0.15, 0.2) is 84.9 Å². The lowest BCUT2D eigenvalue weighted by molar-refractivity contribution is 0.0529. The Bertz CT molecular complexity index is 1480. The second kappa shape index (κ2) is 8.55. The maximum atomic E-state index is 13.1. The first-order valence-corrected chi connectivity index (χ1v) is 10.6. The van der Waals surface area contributed by atoms with Gasteiger partial charge in [0.05, 0.1) is 17.6 Å². The lowest BCUT2D eigenvalue weighted by atomic mass is 10.2. The van der Waals surface area contributed by atoms with Gasteiger partial charge in [0.15, 0.2) is 5.65 Å². The number of rotatable bonds is 5. The van der Waals surface area contributed by atoms with Crippen LogP contribution in [0.4, 0.5) is 5.82 Å². The molecule has 0 unspecified atom stereocenters. The van der Waals surface area contributed by atoms with Gasteiger partial charge >= 0.3 is 5.97 Å². The van der Waals surface area contributed by atoms with Crippen LogP contribution in [-0.4, -0.2) is 33.0 Å². The van der Waals surface area contributed by atoms with Crippen molar-refractivity contribution in [3.05, 3.63) is 96.1 Å². The number of carbonyl (C=O) groups is 2. The SMILES string of the molecule is CCOC(=O)c1c(NC(=O)c2ccccc2)n(-c2ccccc2)c2nc3ccccc3nc12. The summed E-state index contributed by atoms with van der Waals surface area (Å²) in [6.07, 6.45) is 0. The molecular formula is C26H20N4O3. The Labute approximate surface area is 189 Å². The van der Waals surface area contributed by atoms with Crippen molar-refractivity contribution in [2.45, 2.75) is 6.92 Å². The van der Waals surface area contributed by atoms with Crippen LogP contribution in [0.25, 0.3) is 27.9 Å². The zero-order valence-corrected chi connectivity index (χ0v) is 17.9. The van der Waals surface area contributed by atoms with E-state index in [2.05, 4.69) is 5.32 Å². The van der Waals surface area contributed by atoms with Gasteiger partial charge in [-0.2, -0.15) is 0 Å². The van der Waals surface area contributed by atoms with Crippen molar-refractivity contribution < 1.29 is 14.3 Å². The van der Waals surface area contributed by atoms with Gasteiger partial charge in [0.25, 0.3) is 5.91 Å². The van der Waals surface area contributed by atoms with E-state index in [1.165, 1.54) is 0 Å². The molecule has 2 aromatic heterocycles. The standard InChI is InChI=1S/C26H20N4O3/c1-2-33-26(32)21-22-24(28-20-16-10-9-15-19(20)27-22)30(18-13-7-4-8-14-18)23(21)29-25(31)17-11-5-3-6-12-17/h3-16H,2H2,1H3,(H,29,31). The van der Waals surface area contributed by atoms with Crippen molar-refractivity contribution in [1.29, 1.82) is 0 Å². The fourth-order valence-electron chi connectivity index (χ4n) is 3.76. The average molecular weight is 436 g/mol. The Morgan fingerprint density at radius 2 is 1.45 bits per heavy atom. The van der Waals surface area contributed by atoms with Crippen molar-refractivity contribution in [2.75, 3.05) is 11.9 Å². The smallest absolute Gasteiger partial charge is 0.344 e. The molecule has 1 N–H and O–H groups in total. The van der Waals surface area contributed by atoms with Crippen molar-refractivity contribution in [2.24, 2.45) is 0 Å². The molecule has 0 saturated heterocycles. The number of carbonyl (C=O) groups excluding carboxylic acids is 2. The first-order valence-electron chi connectivity index (χ1n) is 10.6. The summed E-state index contributed by atoms with van der Waals surface area (Å²) in [4.78, 5) is 35.8. The van der Waals surface area contributed by atoms with Crippen LogP contribution < -0.4 is 5.32 Å². The summed E-state index contributed by atoms with van der Waals surface area (Å²) in [6.45, 7) is 1.92. The summed E-state index contributed by atoms with van der Waals surface area (Å²) in [5.74, 6) is -0.672. The van der Waals surface area contributed by atoms with Crippen LogP contribution >= 0.6 is 0 Å². The summed E-state index contributed by atoms with van der Waals surface area (Å²) < 4.78 is 7.09. The highest BCUT2D eigenvalue weighted by atomic mass is 16.5. The zero-order valence-electron chi connectivity index (χ0n) is 17.9. The third-order valence-electron chi connectivity index (χ3n) is 5.22. The fourth-order valence-corrected chi connectivity index (χ4v) is 3.76. The van der Waals surface area contributed by atoms with E-state index in [0.717, 1.165) is 5.69 Å². The van der Waals surface area contributed by atoms with Gasteiger partial charge in [-0.3, -0.25) is 9.36 Å². The minimum Gasteiger partial charge on any atom is -0.462 e. The van der Waals surface area contributed by atoms with Crippen LogP contribution in [0.3, 0.4) is 0 Å². The van der Waals surface area contributed by atoms with Gasteiger partial charge in [-0.15, -0.1) is 0 Å². The van der Waals surface area contributed by atoms with Gasteiger partial charge in [-0.25, -0.2) is 14.8 Å². The molecule has 33 heavy (non-hydrogen) atoms. The third kappa shape index (κ3) is 3.70. The zero-order chi connectivity index (χ0) is 22.8. The molecule has 2 heterocycles. The van der Waals surface area contributed by atoms with Crippen molar-refractivity contribution in [1.82, 2.24) is 14.5 Å². The molecule has 7 heteroatoms. The molecule has 0 atom stereocenters. The summed E-state index contributed by atoms with van der Waals surface area (Å²) in [7, 11) is 0. The summed E-state index contributed by atoms with van der Waals surface area (Å²) >= 11 is 0. The van der Waals surface area contributed by atoms with Crippen LogP contribution in [0.2, 0.25) is 0 Å². The highest BCUT2D eigenvalue weighted by Crippen LogP contribution is 2.33. The molecule has 1 amide bonds. The molecule has 3 aromatic carbocycles. The molecule has 5 aromatic rings. The lowest BCUT2D eigenvalue weighted by Gasteiger charge is -2.13. The Morgan fingerprint density at radius 1 is 0.848 bits per heavy atom. The molecule has 0 spiro atoms. The van der Waals surface area contributed by atoms with Gasteiger partial charge < -0.3 is 10.1 Å². The molecule has 0 aliphatic rings. The number of hydrogen-bond acceptors (Lipinski definition) is 5. The number of benzene rings is 3. The summed E-state index contributed by atoms with van der Waals surface area (Å²) in [5, 5.41) is 2.92. The minimum atomic E-state index is -0.579. The monoisotopic (exact) mass is 436 g/mol. The number of amides is 1. The first-order chi connectivity index (χ1) is 16.2. The number of nitrogens with one attached hydrogen (secondary N) is 1. The molecule has 0 aliphatic carbocycles. The van der Waals surface area contributed by atoms with E-state index >= 15 is 0 Å². The number of para-hydroxylation sites is 3. The number of esters is 1. The Morgan fingerprint density at radius 3 is 2.12 bits per heavy atom. The van der Waals surface area contributed by atoms with E-state index < -0.39 is 5.97 Å². The van der Waals surface area contributed by atoms with Gasteiger partial charge in [-0.05, 0) is 43.3 Å². The number of aromatic nitrogens is 3. The van der Waals surface area contributed by atoms with Gasteiger partial charge in [0.2, 0.25) is 0 Å². The largest absolute Gasteiger partial charge is 0.462 e. The van der Waals surface area contributed by atoms with Crippen LogP contribution in [0.5, 0.6) is 0 Å². The van der Waals surface area contributed by atoms with Crippen molar-refractivity contribution >= 4 is 39.9 Å². The first kappa shape index (κ1) is 20.4. The van der Waals surface area contributed by atoms with Gasteiger partial charge in [0.1, 0.15) is 16.9 Å². The molecule has 7 nitrogen and oxygen atoms in total. The second-order valence-electron chi connectivity index (χ2n) is 7.32. The molecular weight excluding hydrogens is 416 g/mol. The lowest BCUT2D eigenvalue weighted by Crippen LogP contribution is -2.18. The van der Waals surface area contributed by atoms with E-state index in [-0.39, 0.29) is 23.9 Å². The van der Waals surface area contributed by atoms with E-state index in [9.17, 15) is 9.59 Å². The molecule has 0 bridgehead atoms. The van der Waals surface area contributed by atoms with E-state index in [4.69, 9.17) is 14.7 Å². The predicted molar refractivity (Wildman–Crippen MR) is 127 cm³/mol. The topological polar surface area (TPSA) is 86.1 Å². The third-order valence-corrected chi connectivity index (χ3v) is 5.22. The molecule has 0 saturated carbocycles. The molecule has 0 radical (unpaired) electrons. The number of nitrogens with zero attached hydrogens (tertiary/aromatic N) is 3. The van der Waals surface area contributed by atoms with Crippen LogP contribution in [0, 0.1) is 0 Å². The van der Waals surface area contributed by atoms with Crippen molar-refractivity contribution in [3.8, 4) is 5.69 Å². The Kier molecular flexibility index (Phi) is 5.28. The van der Waals surface area contributed by atoms with Crippen LogP contribution in [-0.2, 0) is 4.74 Å². The normalized spacial score (nSPS) is 10.9. The number of ether oxygens (including phenoxy) is 1. The molecule has 0 fully saturated rings. The highest BCUT2D eigenvalue weighted by Gasteiger charge is 2.28. The molecule has 162 valence electrons. The number of anilines is 1. The highest BCUT2D eigenvalue weighted by molar-refractivity contribution is 6.14. The van der Waals surface area contributed by atoms with Gasteiger partial charge in [-0.1, -0.05) is 48.5 Å². The van der Waals surface area contributed by atoms with E-state index in [0.29, 0.717) is 27.8 Å². The maximum absolute atomic E-state index is 13.1. The molecule has 5 rings (SSSR count). The predicted octanol–water partition coefficient (Wildman–Crippen LogP) is 5.00. The Hall–Kier alpha value is -4.52. The van der Waals surface area contributed by atoms with Crippen molar-refractivity contribution in [3.63, 3.8) is 0 Å². The quantitative estimate of drug-likeness (QED) is 0.392. The summed E-state index contributed by atoms with van der Waals surface area (Å²) in [6, 6.07) is 25.6. The molecule has 0 aliphatic heterocycles. The second-order valence-corrected chi connectivity index (χ2v) is 7.32. The maximum Gasteiger partial charge on any atom is 0.344 e. The number of hydrogen-bond donors (Lipinski definition) is 1. The average Bonchev–Trinajstić information content (AvgIpc) is 3.16. The van der Waals surface area contributed by atoms with Crippen LogP contribution in [0.1, 0.15) is 27.6 Å². The van der Waals surface area contributed by atoms with E-state index in [1.807, 2.05) is 60.7 Å².